The highest BCUT2D eigenvalue weighted by Gasteiger charge is 2.21. The van der Waals surface area contributed by atoms with E-state index < -0.39 is 0 Å². The third-order valence-corrected chi connectivity index (χ3v) is 3.24. The van der Waals surface area contributed by atoms with Crippen molar-refractivity contribution in [1.29, 1.82) is 0 Å². The molecule has 0 spiro atoms. The number of hydrogen-bond donors (Lipinski definition) is 3. The average molecular weight is 298 g/mol. The smallest absolute Gasteiger partial charge is 0.243 e. The Morgan fingerprint density at radius 2 is 2.15 bits per heavy atom. The fourth-order valence-electron chi connectivity index (χ4n) is 1.87. The number of rotatable bonds is 7. The fraction of sp³-hybridized carbons (Fsp3) is 0.462. The van der Waals surface area contributed by atoms with E-state index in [2.05, 4.69) is 27.2 Å². The molecule has 0 aliphatic carbocycles. The van der Waals surface area contributed by atoms with Gasteiger partial charge in [0.05, 0.1) is 6.20 Å². The Bertz CT molecular complexity index is 480. The molecular weight excluding hydrogens is 278 g/mol. The lowest BCUT2D eigenvalue weighted by molar-refractivity contribution is -0.117. The standard InChI is InChI=1S/C13H20ClN5O/c1-4-9(17-11(20)6-3)10(5-2)18-12-8(14)7-16-13(15)19-12/h6-7,9-10H,3-5H2,1-2H3,(H,17,20)(H3,15,16,18,19). The topological polar surface area (TPSA) is 92.9 Å². The summed E-state index contributed by atoms with van der Waals surface area (Å²) in [7, 11) is 0. The van der Waals surface area contributed by atoms with Crippen LogP contribution >= 0.6 is 11.6 Å². The van der Waals surface area contributed by atoms with Gasteiger partial charge in [-0.05, 0) is 18.9 Å². The van der Waals surface area contributed by atoms with Crippen LogP contribution in [0, 0.1) is 0 Å². The van der Waals surface area contributed by atoms with E-state index in [0.717, 1.165) is 12.8 Å². The molecule has 0 saturated heterocycles. The molecule has 20 heavy (non-hydrogen) atoms. The fourth-order valence-corrected chi connectivity index (χ4v) is 2.02. The van der Waals surface area contributed by atoms with E-state index in [4.69, 9.17) is 17.3 Å². The van der Waals surface area contributed by atoms with E-state index in [0.29, 0.717) is 10.8 Å². The van der Waals surface area contributed by atoms with Gasteiger partial charge in [-0.15, -0.1) is 0 Å². The van der Waals surface area contributed by atoms with Crippen LogP contribution in [0.2, 0.25) is 5.02 Å². The molecule has 7 heteroatoms. The molecule has 1 rings (SSSR count). The van der Waals surface area contributed by atoms with Crippen molar-refractivity contribution in [2.24, 2.45) is 0 Å². The molecule has 0 aromatic carbocycles. The highest BCUT2D eigenvalue weighted by atomic mass is 35.5. The van der Waals surface area contributed by atoms with Gasteiger partial charge in [-0.3, -0.25) is 4.79 Å². The van der Waals surface area contributed by atoms with E-state index in [9.17, 15) is 4.79 Å². The zero-order chi connectivity index (χ0) is 15.1. The maximum atomic E-state index is 11.4. The summed E-state index contributed by atoms with van der Waals surface area (Å²) in [6.07, 6.45) is 4.26. The third kappa shape index (κ3) is 4.38. The molecule has 1 aromatic heterocycles. The van der Waals surface area contributed by atoms with Crippen LogP contribution < -0.4 is 16.4 Å². The Balaban J connectivity index is 2.86. The third-order valence-electron chi connectivity index (χ3n) is 2.96. The number of anilines is 2. The minimum absolute atomic E-state index is 0.0179. The summed E-state index contributed by atoms with van der Waals surface area (Å²) in [5.74, 6) is 0.414. The van der Waals surface area contributed by atoms with E-state index in [1.165, 1.54) is 12.3 Å². The van der Waals surface area contributed by atoms with E-state index in [1.807, 2.05) is 13.8 Å². The molecular formula is C13H20ClN5O. The number of carbonyl (C=O) groups is 1. The molecule has 4 N–H and O–H groups in total. The number of nitrogens with zero attached hydrogens (tertiary/aromatic N) is 2. The summed E-state index contributed by atoms with van der Waals surface area (Å²) in [4.78, 5) is 19.3. The van der Waals surface area contributed by atoms with Crippen molar-refractivity contribution in [3.05, 3.63) is 23.9 Å². The first-order chi connectivity index (χ1) is 9.51. The zero-order valence-electron chi connectivity index (χ0n) is 11.7. The molecule has 110 valence electrons. The second-order valence-corrected chi connectivity index (χ2v) is 4.72. The van der Waals surface area contributed by atoms with Gasteiger partial charge >= 0.3 is 0 Å². The number of nitrogen functional groups attached to an aromatic ring is 1. The van der Waals surface area contributed by atoms with Gasteiger partial charge in [-0.1, -0.05) is 32.0 Å². The summed E-state index contributed by atoms with van der Waals surface area (Å²) in [6, 6.07) is -0.0755. The lowest BCUT2D eigenvalue weighted by Gasteiger charge is -2.27. The minimum atomic E-state index is -0.203. The first kappa shape index (κ1) is 16.2. The van der Waals surface area contributed by atoms with Crippen molar-refractivity contribution >= 4 is 29.3 Å². The van der Waals surface area contributed by atoms with Gasteiger partial charge in [0, 0.05) is 12.1 Å². The summed E-state index contributed by atoms with van der Waals surface area (Å²) in [5.41, 5.74) is 5.55. The lowest BCUT2D eigenvalue weighted by Crippen LogP contribution is -2.45. The van der Waals surface area contributed by atoms with Gasteiger partial charge in [-0.25, -0.2) is 4.98 Å². The molecule has 1 heterocycles. The van der Waals surface area contributed by atoms with Crippen LogP contribution in [0.5, 0.6) is 0 Å². The second kappa shape index (κ2) is 7.69. The van der Waals surface area contributed by atoms with E-state index in [-0.39, 0.29) is 23.9 Å². The van der Waals surface area contributed by atoms with Crippen LogP contribution in [-0.4, -0.2) is 28.0 Å². The van der Waals surface area contributed by atoms with E-state index in [1.54, 1.807) is 0 Å². The predicted molar refractivity (Wildman–Crippen MR) is 81.6 cm³/mol. The van der Waals surface area contributed by atoms with Gasteiger partial charge in [0.25, 0.3) is 0 Å². The summed E-state index contributed by atoms with van der Waals surface area (Å²) < 4.78 is 0. The quantitative estimate of drug-likeness (QED) is 0.669. The number of nitrogens with one attached hydrogen (secondary N) is 2. The minimum Gasteiger partial charge on any atom is -0.368 e. The highest BCUT2D eigenvalue weighted by Crippen LogP contribution is 2.21. The van der Waals surface area contributed by atoms with Crippen molar-refractivity contribution in [3.63, 3.8) is 0 Å². The molecule has 1 amide bonds. The van der Waals surface area contributed by atoms with Crippen molar-refractivity contribution < 1.29 is 4.79 Å². The molecule has 0 radical (unpaired) electrons. The molecule has 0 saturated carbocycles. The van der Waals surface area contributed by atoms with Gasteiger partial charge in [-0.2, -0.15) is 4.98 Å². The second-order valence-electron chi connectivity index (χ2n) is 4.31. The zero-order valence-corrected chi connectivity index (χ0v) is 12.4. The Morgan fingerprint density at radius 3 is 2.70 bits per heavy atom. The number of hydrogen-bond acceptors (Lipinski definition) is 5. The molecule has 0 bridgehead atoms. The van der Waals surface area contributed by atoms with Gasteiger partial charge in [0.1, 0.15) is 5.02 Å². The molecule has 6 nitrogen and oxygen atoms in total. The Kier molecular flexibility index (Phi) is 6.24. The lowest BCUT2D eigenvalue weighted by atomic mass is 10.0. The van der Waals surface area contributed by atoms with Gasteiger partial charge in [0.15, 0.2) is 5.82 Å². The summed E-state index contributed by atoms with van der Waals surface area (Å²) in [5, 5.41) is 6.48. The maximum absolute atomic E-state index is 11.4. The summed E-state index contributed by atoms with van der Waals surface area (Å²) >= 11 is 6.03. The number of aromatic nitrogens is 2. The van der Waals surface area contributed by atoms with Crippen molar-refractivity contribution in [2.75, 3.05) is 11.1 Å². The molecule has 0 aliphatic heterocycles. The van der Waals surface area contributed by atoms with E-state index >= 15 is 0 Å². The average Bonchev–Trinajstić information content (AvgIpc) is 2.45. The van der Waals surface area contributed by atoms with Crippen LogP contribution in [0.4, 0.5) is 11.8 Å². The van der Waals surface area contributed by atoms with Gasteiger partial charge in [0.2, 0.25) is 11.9 Å². The molecule has 0 aliphatic rings. The van der Waals surface area contributed by atoms with Crippen LogP contribution in [0.1, 0.15) is 26.7 Å². The van der Waals surface area contributed by atoms with Crippen LogP contribution in [0.25, 0.3) is 0 Å². The SMILES string of the molecule is C=CC(=O)NC(CC)C(CC)Nc1nc(N)ncc1Cl. The Morgan fingerprint density at radius 1 is 1.50 bits per heavy atom. The number of amides is 1. The molecule has 0 fully saturated rings. The van der Waals surface area contributed by atoms with Crippen LogP contribution in [0.15, 0.2) is 18.9 Å². The van der Waals surface area contributed by atoms with Crippen LogP contribution in [-0.2, 0) is 4.79 Å². The molecule has 2 atom stereocenters. The predicted octanol–water partition coefficient (Wildman–Crippen LogP) is 1.98. The first-order valence-electron chi connectivity index (χ1n) is 6.49. The van der Waals surface area contributed by atoms with Crippen molar-refractivity contribution in [3.8, 4) is 0 Å². The Labute approximate surface area is 123 Å². The molecule has 2 unspecified atom stereocenters. The number of carbonyl (C=O) groups excluding carboxylic acids is 1. The highest BCUT2D eigenvalue weighted by molar-refractivity contribution is 6.32. The van der Waals surface area contributed by atoms with Crippen LogP contribution in [0.3, 0.4) is 0 Å². The molecule has 1 aromatic rings. The normalized spacial score (nSPS) is 13.3. The van der Waals surface area contributed by atoms with Gasteiger partial charge < -0.3 is 16.4 Å². The number of halogens is 1. The largest absolute Gasteiger partial charge is 0.368 e. The van der Waals surface area contributed by atoms with Crippen molar-refractivity contribution in [2.45, 2.75) is 38.8 Å². The Hall–Kier alpha value is -1.82. The maximum Gasteiger partial charge on any atom is 0.243 e. The summed E-state index contributed by atoms with van der Waals surface area (Å²) in [6.45, 7) is 7.46. The number of nitrogens with two attached hydrogens (primary N) is 1. The monoisotopic (exact) mass is 297 g/mol. The first-order valence-corrected chi connectivity index (χ1v) is 6.87. The van der Waals surface area contributed by atoms with Crippen molar-refractivity contribution in [1.82, 2.24) is 15.3 Å².